The molecular weight excluding hydrogens is 217 g/mol. The molecule has 0 amide bonds. The molecule has 17 heavy (non-hydrogen) atoms. The predicted molar refractivity (Wildman–Crippen MR) is 62.8 cm³/mol. The first kappa shape index (κ1) is 11.2. The van der Waals surface area contributed by atoms with Gasteiger partial charge in [0.05, 0.1) is 12.5 Å². The topological polar surface area (TPSA) is 44.0 Å². The van der Waals surface area contributed by atoms with Crippen LogP contribution in [0.25, 0.3) is 11.1 Å². The van der Waals surface area contributed by atoms with Gasteiger partial charge in [-0.05, 0) is 29.3 Å². The molecule has 2 aromatic rings. The van der Waals surface area contributed by atoms with Gasteiger partial charge in [0.1, 0.15) is 11.6 Å². The minimum Gasteiger partial charge on any atom is -0.508 e. The van der Waals surface area contributed by atoms with Crippen LogP contribution in [0.15, 0.2) is 42.5 Å². The van der Waals surface area contributed by atoms with Crippen molar-refractivity contribution in [3.8, 4) is 22.9 Å². The first-order valence-electron chi connectivity index (χ1n) is 5.15. The molecule has 2 aromatic carbocycles. The Labute approximate surface area is 98.6 Å². The first-order valence-corrected chi connectivity index (χ1v) is 5.15. The van der Waals surface area contributed by atoms with Gasteiger partial charge in [0.25, 0.3) is 0 Å². The van der Waals surface area contributed by atoms with Gasteiger partial charge >= 0.3 is 0 Å². The Morgan fingerprint density at radius 2 is 1.82 bits per heavy atom. The number of nitriles is 1. The van der Waals surface area contributed by atoms with Gasteiger partial charge in [-0.25, -0.2) is 4.39 Å². The van der Waals surface area contributed by atoms with Crippen LogP contribution in [0.4, 0.5) is 4.39 Å². The summed E-state index contributed by atoms with van der Waals surface area (Å²) in [5.74, 6) is -0.210. The number of phenols is 1. The third-order valence-corrected chi connectivity index (χ3v) is 2.49. The lowest BCUT2D eigenvalue weighted by atomic mass is 10.0. The molecule has 0 aliphatic carbocycles. The molecule has 0 saturated carbocycles. The van der Waals surface area contributed by atoms with Crippen LogP contribution in [0.2, 0.25) is 0 Å². The van der Waals surface area contributed by atoms with Crippen molar-refractivity contribution < 1.29 is 9.50 Å². The second-order valence-electron chi connectivity index (χ2n) is 3.70. The molecule has 0 aliphatic heterocycles. The maximum Gasteiger partial charge on any atom is 0.131 e. The zero-order valence-electron chi connectivity index (χ0n) is 9.02. The third-order valence-electron chi connectivity index (χ3n) is 2.49. The highest BCUT2D eigenvalue weighted by Gasteiger charge is 2.06. The number of hydrogen-bond donors (Lipinski definition) is 1. The van der Waals surface area contributed by atoms with Crippen molar-refractivity contribution in [1.82, 2.24) is 0 Å². The van der Waals surface area contributed by atoms with Crippen LogP contribution in [0.1, 0.15) is 5.56 Å². The van der Waals surface area contributed by atoms with Gasteiger partial charge in [-0.3, -0.25) is 0 Å². The fraction of sp³-hybridized carbons (Fsp3) is 0.0714. The summed E-state index contributed by atoms with van der Waals surface area (Å²) in [6.45, 7) is 0. The van der Waals surface area contributed by atoms with E-state index in [1.165, 1.54) is 18.2 Å². The molecule has 1 N–H and O–H groups in total. The third kappa shape index (κ3) is 2.43. The minimum absolute atomic E-state index is 0.148. The fourth-order valence-electron chi connectivity index (χ4n) is 1.63. The molecule has 3 heteroatoms. The van der Waals surface area contributed by atoms with Crippen molar-refractivity contribution in [2.45, 2.75) is 6.42 Å². The molecule has 0 bridgehead atoms. The van der Waals surface area contributed by atoms with Crippen LogP contribution < -0.4 is 0 Å². The maximum absolute atomic E-state index is 13.8. The van der Waals surface area contributed by atoms with Crippen LogP contribution in [0.3, 0.4) is 0 Å². The van der Waals surface area contributed by atoms with E-state index in [9.17, 15) is 4.39 Å². The highest BCUT2D eigenvalue weighted by Crippen LogP contribution is 2.25. The van der Waals surface area contributed by atoms with E-state index in [2.05, 4.69) is 0 Å². The van der Waals surface area contributed by atoms with Crippen molar-refractivity contribution in [3.63, 3.8) is 0 Å². The number of hydrogen-bond acceptors (Lipinski definition) is 2. The lowest BCUT2D eigenvalue weighted by Gasteiger charge is -2.05. The molecule has 0 radical (unpaired) electrons. The summed E-state index contributed by atoms with van der Waals surface area (Å²) < 4.78 is 13.8. The van der Waals surface area contributed by atoms with Crippen LogP contribution in [-0.4, -0.2) is 5.11 Å². The monoisotopic (exact) mass is 227 g/mol. The average Bonchev–Trinajstić information content (AvgIpc) is 2.31. The Bertz CT molecular complexity index is 570. The number of halogens is 1. The summed E-state index contributed by atoms with van der Waals surface area (Å²) in [6, 6.07) is 13.0. The van der Waals surface area contributed by atoms with Crippen LogP contribution in [-0.2, 0) is 6.42 Å². The highest BCUT2D eigenvalue weighted by atomic mass is 19.1. The highest BCUT2D eigenvalue weighted by molar-refractivity contribution is 5.65. The van der Waals surface area contributed by atoms with Crippen molar-refractivity contribution in [2.24, 2.45) is 0 Å². The second-order valence-corrected chi connectivity index (χ2v) is 3.70. The van der Waals surface area contributed by atoms with Crippen molar-refractivity contribution >= 4 is 0 Å². The molecule has 0 spiro atoms. The first-order chi connectivity index (χ1) is 8.20. The van der Waals surface area contributed by atoms with Crippen LogP contribution in [0.5, 0.6) is 5.75 Å². The summed E-state index contributed by atoms with van der Waals surface area (Å²) in [5.41, 5.74) is 1.82. The number of nitrogens with zero attached hydrogens (tertiary/aromatic N) is 1. The van der Waals surface area contributed by atoms with Gasteiger partial charge in [0.15, 0.2) is 0 Å². The zero-order chi connectivity index (χ0) is 12.3. The smallest absolute Gasteiger partial charge is 0.131 e. The normalized spacial score (nSPS) is 9.88. The Balaban J connectivity index is 2.40. The molecule has 84 valence electrons. The number of phenolic OH excluding ortho intramolecular Hbond substituents is 1. The Morgan fingerprint density at radius 1 is 1.12 bits per heavy atom. The van der Waals surface area contributed by atoms with E-state index < -0.39 is 0 Å². The molecular formula is C14H10FNO. The number of rotatable bonds is 2. The van der Waals surface area contributed by atoms with Gasteiger partial charge in [-0.15, -0.1) is 0 Å². The minimum atomic E-state index is -0.358. The van der Waals surface area contributed by atoms with Crippen molar-refractivity contribution in [1.29, 1.82) is 5.26 Å². The summed E-state index contributed by atoms with van der Waals surface area (Å²) >= 11 is 0. The summed E-state index contributed by atoms with van der Waals surface area (Å²) in [5, 5.41) is 17.7. The molecule has 0 unspecified atom stereocenters. The van der Waals surface area contributed by atoms with Crippen LogP contribution >= 0.6 is 0 Å². The van der Waals surface area contributed by atoms with E-state index in [1.807, 2.05) is 6.07 Å². The lowest BCUT2D eigenvalue weighted by Crippen LogP contribution is -1.88. The molecule has 2 rings (SSSR count). The molecule has 0 saturated heterocycles. The van der Waals surface area contributed by atoms with E-state index in [0.29, 0.717) is 16.7 Å². The quantitative estimate of drug-likeness (QED) is 0.855. The molecule has 0 heterocycles. The predicted octanol–water partition coefficient (Wildman–Crippen LogP) is 3.26. The standard InChI is InChI=1S/C14H10FNO/c15-14-9-10(7-8-16)1-6-13(14)11-2-4-12(17)5-3-11/h1-6,9,17H,7H2. The summed E-state index contributed by atoms with van der Waals surface area (Å²) in [7, 11) is 0. The number of benzene rings is 2. The van der Waals surface area contributed by atoms with E-state index in [1.54, 1.807) is 24.3 Å². The van der Waals surface area contributed by atoms with Gasteiger partial charge in [-0.2, -0.15) is 5.26 Å². The molecule has 2 nitrogen and oxygen atoms in total. The summed E-state index contributed by atoms with van der Waals surface area (Å²) in [4.78, 5) is 0. The van der Waals surface area contributed by atoms with Crippen molar-refractivity contribution in [3.05, 3.63) is 53.8 Å². The number of aromatic hydroxyl groups is 1. The molecule has 0 fully saturated rings. The van der Waals surface area contributed by atoms with Crippen LogP contribution in [0, 0.1) is 17.1 Å². The largest absolute Gasteiger partial charge is 0.508 e. The Morgan fingerprint density at radius 3 is 2.41 bits per heavy atom. The van der Waals surface area contributed by atoms with Gasteiger partial charge in [0, 0.05) is 5.56 Å². The summed E-state index contributed by atoms with van der Waals surface area (Å²) in [6.07, 6.45) is 0.201. The van der Waals surface area contributed by atoms with Gasteiger partial charge in [-0.1, -0.05) is 24.3 Å². The van der Waals surface area contributed by atoms with E-state index >= 15 is 0 Å². The van der Waals surface area contributed by atoms with E-state index in [-0.39, 0.29) is 18.0 Å². The molecule has 0 aliphatic rings. The Kier molecular flexibility index (Phi) is 3.06. The SMILES string of the molecule is N#CCc1ccc(-c2ccc(O)cc2)c(F)c1. The van der Waals surface area contributed by atoms with Gasteiger partial charge in [0.2, 0.25) is 0 Å². The van der Waals surface area contributed by atoms with Gasteiger partial charge < -0.3 is 5.11 Å². The maximum atomic E-state index is 13.8. The molecule has 0 atom stereocenters. The zero-order valence-corrected chi connectivity index (χ0v) is 9.02. The lowest BCUT2D eigenvalue weighted by molar-refractivity contribution is 0.475. The second kappa shape index (κ2) is 4.67. The molecule has 0 aromatic heterocycles. The fourth-order valence-corrected chi connectivity index (χ4v) is 1.63. The average molecular weight is 227 g/mol. The Hall–Kier alpha value is -2.34. The van der Waals surface area contributed by atoms with E-state index in [0.717, 1.165) is 0 Å². The van der Waals surface area contributed by atoms with Crippen molar-refractivity contribution in [2.75, 3.05) is 0 Å². The van der Waals surface area contributed by atoms with E-state index in [4.69, 9.17) is 10.4 Å².